The van der Waals surface area contributed by atoms with E-state index in [2.05, 4.69) is 17.6 Å². The Labute approximate surface area is 110 Å². The van der Waals surface area contributed by atoms with Crippen LogP contribution in [0.3, 0.4) is 0 Å². The van der Waals surface area contributed by atoms with E-state index in [4.69, 9.17) is 0 Å². The minimum absolute atomic E-state index is 0.287. The van der Waals surface area contributed by atoms with Crippen LogP contribution in [-0.4, -0.2) is 24.0 Å². The molecule has 3 atom stereocenters. The van der Waals surface area contributed by atoms with Gasteiger partial charge in [0, 0.05) is 24.5 Å². The third-order valence-corrected chi connectivity index (χ3v) is 4.84. The van der Waals surface area contributed by atoms with Gasteiger partial charge in [-0.15, -0.1) is 0 Å². The summed E-state index contributed by atoms with van der Waals surface area (Å²) in [5.41, 5.74) is 0. The molecule has 3 unspecified atom stereocenters. The Morgan fingerprint density at radius 3 is 2.44 bits per heavy atom. The molecule has 0 aromatic rings. The molecule has 0 radical (unpaired) electrons. The molecule has 2 N–H and O–H groups in total. The van der Waals surface area contributed by atoms with Gasteiger partial charge in [0.2, 0.25) is 5.91 Å². The van der Waals surface area contributed by atoms with Gasteiger partial charge in [0.25, 0.3) is 0 Å². The molecule has 0 aromatic heterocycles. The minimum Gasteiger partial charge on any atom is -0.354 e. The number of carbonyl (C=O) groups excluding carboxylic acids is 1. The lowest BCUT2D eigenvalue weighted by Gasteiger charge is -2.29. The van der Waals surface area contributed by atoms with Crippen LogP contribution in [0.2, 0.25) is 0 Å². The van der Waals surface area contributed by atoms with E-state index >= 15 is 0 Å². The van der Waals surface area contributed by atoms with Gasteiger partial charge in [-0.3, -0.25) is 4.79 Å². The van der Waals surface area contributed by atoms with Crippen molar-refractivity contribution in [3.63, 3.8) is 0 Å². The molecule has 3 fully saturated rings. The average Bonchev–Trinajstić information content (AvgIpc) is 3.03. The molecule has 2 aliphatic heterocycles. The summed E-state index contributed by atoms with van der Waals surface area (Å²) in [7, 11) is 0. The lowest BCUT2D eigenvalue weighted by Crippen LogP contribution is -2.40. The Kier molecular flexibility index (Phi) is 3.60. The summed E-state index contributed by atoms with van der Waals surface area (Å²) < 4.78 is 0. The van der Waals surface area contributed by atoms with E-state index in [1.807, 2.05) is 0 Å². The van der Waals surface area contributed by atoms with Gasteiger partial charge in [-0.05, 0) is 50.9 Å². The predicted octanol–water partition coefficient (Wildman–Crippen LogP) is 2.21. The van der Waals surface area contributed by atoms with Crippen molar-refractivity contribution >= 4 is 5.91 Å². The lowest BCUT2D eigenvalue weighted by atomic mass is 9.89. The fraction of sp³-hybridized carbons (Fsp3) is 0.933. The number of nitrogens with one attached hydrogen (secondary N) is 2. The van der Waals surface area contributed by atoms with Crippen molar-refractivity contribution in [1.82, 2.24) is 10.6 Å². The molecule has 3 rings (SSSR count). The third kappa shape index (κ3) is 3.25. The number of fused-ring (bicyclic) bond motifs is 2. The van der Waals surface area contributed by atoms with Crippen LogP contribution in [0, 0.1) is 11.8 Å². The summed E-state index contributed by atoms with van der Waals surface area (Å²) in [5, 5.41) is 6.83. The smallest absolute Gasteiger partial charge is 0.220 e. The first-order valence-electron chi connectivity index (χ1n) is 7.74. The molecular formula is C15H26N2O. The number of hydrogen-bond donors (Lipinski definition) is 2. The van der Waals surface area contributed by atoms with Crippen LogP contribution in [0.1, 0.15) is 58.3 Å². The SMILES string of the molecule is CC(CC1CC1)NC(=O)CC1CC2CCC(C1)N2. The highest BCUT2D eigenvalue weighted by molar-refractivity contribution is 5.76. The first-order chi connectivity index (χ1) is 8.69. The van der Waals surface area contributed by atoms with E-state index in [1.54, 1.807) is 0 Å². The van der Waals surface area contributed by atoms with Gasteiger partial charge in [0.05, 0.1) is 0 Å². The van der Waals surface area contributed by atoms with Crippen LogP contribution in [-0.2, 0) is 4.79 Å². The van der Waals surface area contributed by atoms with E-state index in [9.17, 15) is 4.79 Å². The molecule has 2 bridgehead atoms. The summed E-state index contributed by atoms with van der Waals surface area (Å²) in [6, 6.07) is 1.78. The van der Waals surface area contributed by atoms with Crippen LogP contribution in [0.4, 0.5) is 0 Å². The van der Waals surface area contributed by atoms with Gasteiger partial charge in [-0.1, -0.05) is 12.8 Å². The van der Waals surface area contributed by atoms with Crippen molar-refractivity contribution in [2.24, 2.45) is 11.8 Å². The van der Waals surface area contributed by atoms with Crippen molar-refractivity contribution in [3.05, 3.63) is 0 Å². The molecule has 2 heterocycles. The number of hydrogen-bond acceptors (Lipinski definition) is 2. The van der Waals surface area contributed by atoms with Crippen LogP contribution >= 0.6 is 0 Å². The quantitative estimate of drug-likeness (QED) is 0.785. The molecule has 2 saturated heterocycles. The zero-order valence-corrected chi connectivity index (χ0v) is 11.5. The van der Waals surface area contributed by atoms with Gasteiger partial charge in [0.15, 0.2) is 0 Å². The number of piperidine rings is 1. The Morgan fingerprint density at radius 2 is 1.83 bits per heavy atom. The van der Waals surface area contributed by atoms with Crippen LogP contribution < -0.4 is 10.6 Å². The zero-order chi connectivity index (χ0) is 12.5. The highest BCUT2D eigenvalue weighted by atomic mass is 16.1. The van der Waals surface area contributed by atoms with Crippen LogP contribution in [0.5, 0.6) is 0 Å². The Hall–Kier alpha value is -0.570. The van der Waals surface area contributed by atoms with E-state index < -0.39 is 0 Å². The van der Waals surface area contributed by atoms with Gasteiger partial charge in [0.1, 0.15) is 0 Å². The third-order valence-electron chi connectivity index (χ3n) is 4.84. The topological polar surface area (TPSA) is 41.1 Å². The summed E-state index contributed by atoms with van der Waals surface area (Å²) in [6.07, 6.45) is 9.74. The van der Waals surface area contributed by atoms with E-state index in [0.717, 1.165) is 12.3 Å². The van der Waals surface area contributed by atoms with Crippen molar-refractivity contribution in [3.8, 4) is 0 Å². The predicted molar refractivity (Wildman–Crippen MR) is 72.2 cm³/mol. The van der Waals surface area contributed by atoms with Crippen LogP contribution in [0.25, 0.3) is 0 Å². The second kappa shape index (κ2) is 5.20. The molecule has 1 amide bonds. The van der Waals surface area contributed by atoms with Gasteiger partial charge < -0.3 is 10.6 Å². The maximum Gasteiger partial charge on any atom is 0.220 e. The molecule has 1 aliphatic carbocycles. The fourth-order valence-electron chi connectivity index (χ4n) is 3.85. The van der Waals surface area contributed by atoms with E-state index in [0.29, 0.717) is 24.0 Å². The summed E-state index contributed by atoms with van der Waals surface area (Å²) in [4.78, 5) is 12.0. The lowest BCUT2D eigenvalue weighted by molar-refractivity contribution is -0.122. The molecule has 1 saturated carbocycles. The van der Waals surface area contributed by atoms with Gasteiger partial charge in [-0.2, -0.15) is 0 Å². The van der Waals surface area contributed by atoms with Gasteiger partial charge in [-0.25, -0.2) is 0 Å². The van der Waals surface area contributed by atoms with E-state index in [-0.39, 0.29) is 5.91 Å². The summed E-state index contributed by atoms with van der Waals surface area (Å²) >= 11 is 0. The maximum absolute atomic E-state index is 12.0. The normalized spacial score (nSPS) is 36.4. The Morgan fingerprint density at radius 1 is 1.17 bits per heavy atom. The summed E-state index contributed by atoms with van der Waals surface area (Å²) in [6.45, 7) is 2.16. The molecule has 3 aliphatic rings. The fourth-order valence-corrected chi connectivity index (χ4v) is 3.85. The summed E-state index contributed by atoms with van der Waals surface area (Å²) in [5.74, 6) is 1.81. The Bertz CT molecular complexity index is 302. The van der Waals surface area contributed by atoms with Crippen molar-refractivity contribution < 1.29 is 4.79 Å². The number of rotatable bonds is 5. The molecule has 102 valence electrons. The highest BCUT2D eigenvalue weighted by Gasteiger charge is 2.34. The minimum atomic E-state index is 0.287. The first-order valence-corrected chi connectivity index (χ1v) is 7.74. The number of amides is 1. The van der Waals surface area contributed by atoms with Crippen LogP contribution in [0.15, 0.2) is 0 Å². The Balaban J connectivity index is 1.40. The van der Waals surface area contributed by atoms with Crippen molar-refractivity contribution in [1.29, 1.82) is 0 Å². The molecule has 0 spiro atoms. The molecule has 3 nitrogen and oxygen atoms in total. The van der Waals surface area contributed by atoms with Crippen molar-refractivity contribution in [2.45, 2.75) is 76.4 Å². The largest absolute Gasteiger partial charge is 0.354 e. The first kappa shape index (κ1) is 12.5. The maximum atomic E-state index is 12.0. The van der Waals surface area contributed by atoms with E-state index in [1.165, 1.54) is 44.9 Å². The number of carbonyl (C=O) groups is 1. The highest BCUT2D eigenvalue weighted by Crippen LogP contribution is 2.34. The van der Waals surface area contributed by atoms with Crippen molar-refractivity contribution in [2.75, 3.05) is 0 Å². The molecule has 3 heteroatoms. The molecule has 0 aromatic carbocycles. The second-order valence-corrected chi connectivity index (χ2v) is 6.83. The molecular weight excluding hydrogens is 224 g/mol. The van der Waals surface area contributed by atoms with Gasteiger partial charge >= 0.3 is 0 Å². The average molecular weight is 250 g/mol. The standard InChI is InChI=1S/C15H26N2O/c1-10(6-11-2-3-11)16-15(18)9-12-7-13-4-5-14(8-12)17-13/h10-14,17H,2-9H2,1H3,(H,16,18). The monoisotopic (exact) mass is 250 g/mol. The molecule has 18 heavy (non-hydrogen) atoms. The zero-order valence-electron chi connectivity index (χ0n) is 11.5. The second-order valence-electron chi connectivity index (χ2n) is 6.83.